The van der Waals surface area contributed by atoms with Crippen molar-refractivity contribution in [3.05, 3.63) is 35.4 Å². The van der Waals surface area contributed by atoms with E-state index in [4.69, 9.17) is 9.47 Å². The third-order valence-corrected chi connectivity index (χ3v) is 5.06. The molecule has 2 heterocycles. The fraction of sp³-hybridized carbons (Fsp3) is 0.550. The Balaban J connectivity index is 1.48. The van der Waals surface area contributed by atoms with Crippen molar-refractivity contribution in [3.63, 3.8) is 0 Å². The number of hydrogen-bond acceptors (Lipinski definition) is 7. The zero-order valence-corrected chi connectivity index (χ0v) is 16.6. The summed E-state index contributed by atoms with van der Waals surface area (Å²) in [7, 11) is 1.32. The fourth-order valence-corrected chi connectivity index (χ4v) is 3.36. The van der Waals surface area contributed by atoms with Crippen molar-refractivity contribution >= 4 is 18.0 Å². The van der Waals surface area contributed by atoms with Gasteiger partial charge in [-0.1, -0.05) is 12.1 Å². The van der Waals surface area contributed by atoms with E-state index in [1.54, 1.807) is 24.3 Å². The first-order chi connectivity index (χ1) is 14.1. The van der Waals surface area contributed by atoms with Gasteiger partial charge in [0.25, 0.3) is 0 Å². The highest BCUT2D eigenvalue weighted by Crippen LogP contribution is 2.17. The number of benzene rings is 1. The summed E-state index contributed by atoms with van der Waals surface area (Å²) in [5.41, 5.74) is 1.22. The van der Waals surface area contributed by atoms with E-state index in [2.05, 4.69) is 15.0 Å². The summed E-state index contributed by atoms with van der Waals surface area (Å²) in [6.45, 7) is 5.05. The smallest absolute Gasteiger partial charge is 0.410 e. The SMILES string of the molecule is COC(=O)c1ccc(CN2C(=O)OC[C@H]2C(=O)NCCCN2CCOCC2)cc1. The number of cyclic esters (lactones) is 1. The van der Waals surface area contributed by atoms with Gasteiger partial charge in [0, 0.05) is 19.6 Å². The van der Waals surface area contributed by atoms with Gasteiger partial charge in [-0.2, -0.15) is 0 Å². The molecule has 0 radical (unpaired) electrons. The Morgan fingerprint density at radius 3 is 2.62 bits per heavy atom. The van der Waals surface area contributed by atoms with E-state index >= 15 is 0 Å². The molecule has 1 N–H and O–H groups in total. The number of esters is 1. The van der Waals surface area contributed by atoms with Crippen molar-refractivity contribution in [2.24, 2.45) is 0 Å². The Bertz CT molecular complexity index is 717. The summed E-state index contributed by atoms with van der Waals surface area (Å²) in [5, 5.41) is 2.90. The molecule has 0 aliphatic carbocycles. The van der Waals surface area contributed by atoms with Gasteiger partial charge in [0.1, 0.15) is 12.6 Å². The van der Waals surface area contributed by atoms with Crippen LogP contribution < -0.4 is 5.32 Å². The zero-order valence-electron chi connectivity index (χ0n) is 16.6. The van der Waals surface area contributed by atoms with Crippen LogP contribution in [0, 0.1) is 0 Å². The molecule has 0 spiro atoms. The predicted molar refractivity (Wildman–Crippen MR) is 103 cm³/mol. The summed E-state index contributed by atoms with van der Waals surface area (Å²) in [4.78, 5) is 39.9. The van der Waals surface area contributed by atoms with Crippen LogP contribution in [0.5, 0.6) is 0 Å². The lowest BCUT2D eigenvalue weighted by atomic mass is 10.1. The summed E-state index contributed by atoms with van der Waals surface area (Å²) < 4.78 is 15.1. The Morgan fingerprint density at radius 1 is 1.21 bits per heavy atom. The number of amides is 2. The lowest BCUT2D eigenvalue weighted by Crippen LogP contribution is -2.46. The molecular weight excluding hydrogens is 378 g/mol. The van der Waals surface area contributed by atoms with Gasteiger partial charge >= 0.3 is 12.1 Å². The number of rotatable bonds is 8. The fourth-order valence-electron chi connectivity index (χ4n) is 3.36. The van der Waals surface area contributed by atoms with Crippen LogP contribution >= 0.6 is 0 Å². The van der Waals surface area contributed by atoms with Crippen molar-refractivity contribution in [1.82, 2.24) is 15.1 Å². The number of carbonyl (C=O) groups excluding carboxylic acids is 3. The molecule has 2 fully saturated rings. The maximum absolute atomic E-state index is 12.5. The molecule has 2 amide bonds. The molecule has 0 aromatic heterocycles. The number of morpholine rings is 1. The van der Waals surface area contributed by atoms with Crippen molar-refractivity contribution in [2.45, 2.75) is 19.0 Å². The third kappa shape index (κ3) is 5.68. The number of methoxy groups -OCH3 is 1. The Labute approximate surface area is 169 Å². The lowest BCUT2D eigenvalue weighted by Gasteiger charge is -2.26. The second-order valence-electron chi connectivity index (χ2n) is 7.01. The molecule has 9 nitrogen and oxygen atoms in total. The molecular formula is C20H27N3O6. The molecule has 2 saturated heterocycles. The maximum Gasteiger partial charge on any atom is 0.410 e. The highest BCUT2D eigenvalue weighted by atomic mass is 16.6. The van der Waals surface area contributed by atoms with Crippen molar-refractivity contribution < 1.29 is 28.6 Å². The average molecular weight is 405 g/mol. The Kier molecular flexibility index (Phi) is 7.42. The van der Waals surface area contributed by atoms with Crippen molar-refractivity contribution in [1.29, 1.82) is 0 Å². The first kappa shape index (κ1) is 21.1. The number of nitrogens with zero attached hydrogens (tertiary/aromatic N) is 2. The molecule has 9 heteroatoms. The predicted octanol–water partition coefficient (Wildman–Crippen LogP) is 0.633. The summed E-state index contributed by atoms with van der Waals surface area (Å²) >= 11 is 0. The van der Waals surface area contributed by atoms with Gasteiger partial charge in [-0.25, -0.2) is 9.59 Å². The standard InChI is InChI=1S/C20H27N3O6/c1-27-19(25)16-5-3-15(4-6-16)13-23-17(14-29-20(23)26)18(24)21-7-2-8-22-9-11-28-12-10-22/h3-6,17H,2,7-14H2,1H3,(H,21,24)/t17-/m0/s1. The van der Waals surface area contributed by atoms with Gasteiger partial charge in [-0.3, -0.25) is 14.6 Å². The van der Waals surface area contributed by atoms with Crippen LogP contribution in [-0.4, -0.2) is 86.9 Å². The van der Waals surface area contributed by atoms with E-state index in [-0.39, 0.29) is 19.1 Å². The number of hydrogen-bond donors (Lipinski definition) is 1. The zero-order chi connectivity index (χ0) is 20.6. The topological polar surface area (TPSA) is 97.4 Å². The highest BCUT2D eigenvalue weighted by molar-refractivity contribution is 5.89. The number of carbonyl (C=O) groups is 3. The molecule has 1 atom stereocenters. The van der Waals surface area contributed by atoms with Gasteiger partial charge in [-0.15, -0.1) is 0 Å². The third-order valence-electron chi connectivity index (χ3n) is 5.06. The van der Waals surface area contributed by atoms with Crippen LogP contribution in [0.15, 0.2) is 24.3 Å². The quantitative estimate of drug-likeness (QED) is 0.500. The summed E-state index contributed by atoms with van der Waals surface area (Å²) in [5.74, 6) is -0.643. The minimum Gasteiger partial charge on any atom is -0.465 e. The van der Waals surface area contributed by atoms with Crippen molar-refractivity contribution in [2.75, 3.05) is 53.1 Å². The normalized spacial score (nSPS) is 19.7. The monoisotopic (exact) mass is 405 g/mol. The largest absolute Gasteiger partial charge is 0.465 e. The molecule has 2 aliphatic heterocycles. The maximum atomic E-state index is 12.5. The molecule has 2 aliphatic rings. The molecule has 3 rings (SSSR count). The Hall–Kier alpha value is -2.65. The van der Waals surface area contributed by atoms with Crippen LogP contribution in [0.2, 0.25) is 0 Å². The first-order valence-electron chi connectivity index (χ1n) is 9.77. The minimum atomic E-state index is -0.661. The van der Waals surface area contributed by atoms with E-state index in [1.807, 2.05) is 0 Å². The Morgan fingerprint density at radius 2 is 1.93 bits per heavy atom. The molecule has 0 unspecified atom stereocenters. The second kappa shape index (κ2) is 10.2. The molecule has 1 aromatic carbocycles. The number of nitrogens with one attached hydrogen (secondary N) is 1. The van der Waals surface area contributed by atoms with E-state index < -0.39 is 18.1 Å². The van der Waals surface area contributed by atoms with Gasteiger partial charge in [0.05, 0.1) is 32.4 Å². The molecule has 0 saturated carbocycles. The van der Waals surface area contributed by atoms with Crippen LogP contribution in [0.4, 0.5) is 4.79 Å². The number of ether oxygens (including phenoxy) is 3. The molecule has 29 heavy (non-hydrogen) atoms. The van der Waals surface area contributed by atoms with Crippen LogP contribution in [-0.2, 0) is 25.5 Å². The van der Waals surface area contributed by atoms with Crippen LogP contribution in [0.3, 0.4) is 0 Å². The first-order valence-corrected chi connectivity index (χ1v) is 9.77. The lowest BCUT2D eigenvalue weighted by molar-refractivity contribution is -0.125. The van der Waals surface area contributed by atoms with Crippen LogP contribution in [0.25, 0.3) is 0 Å². The van der Waals surface area contributed by atoms with Gasteiger partial charge in [0.2, 0.25) is 5.91 Å². The van der Waals surface area contributed by atoms with Crippen molar-refractivity contribution in [3.8, 4) is 0 Å². The van der Waals surface area contributed by atoms with Gasteiger partial charge in [-0.05, 0) is 30.7 Å². The van der Waals surface area contributed by atoms with Gasteiger partial charge in [0.15, 0.2) is 0 Å². The summed E-state index contributed by atoms with van der Waals surface area (Å²) in [6.07, 6.45) is 0.318. The van der Waals surface area contributed by atoms with E-state index in [9.17, 15) is 14.4 Å². The van der Waals surface area contributed by atoms with Crippen LogP contribution in [0.1, 0.15) is 22.3 Å². The molecule has 158 valence electrons. The minimum absolute atomic E-state index is 0.0361. The molecule has 0 bridgehead atoms. The van der Waals surface area contributed by atoms with E-state index in [0.29, 0.717) is 12.1 Å². The molecule has 1 aromatic rings. The summed E-state index contributed by atoms with van der Waals surface area (Å²) in [6, 6.07) is 6.06. The van der Waals surface area contributed by atoms with E-state index in [0.717, 1.165) is 44.8 Å². The highest BCUT2D eigenvalue weighted by Gasteiger charge is 2.37. The average Bonchev–Trinajstić information content (AvgIpc) is 3.12. The van der Waals surface area contributed by atoms with E-state index in [1.165, 1.54) is 12.0 Å². The second-order valence-corrected chi connectivity index (χ2v) is 7.01. The van der Waals surface area contributed by atoms with Gasteiger partial charge < -0.3 is 19.5 Å².